The summed E-state index contributed by atoms with van der Waals surface area (Å²) in [6.45, 7) is 1.46. The van der Waals surface area contributed by atoms with E-state index in [0.29, 0.717) is 21.8 Å². The average molecular weight is 497 g/mol. The first-order valence-corrected chi connectivity index (χ1v) is 12.1. The minimum Gasteiger partial charge on any atom is -0.352 e. The molecule has 2 fully saturated rings. The van der Waals surface area contributed by atoms with E-state index in [0.717, 1.165) is 11.3 Å². The highest BCUT2D eigenvalue weighted by molar-refractivity contribution is 6.30. The molecule has 0 aromatic heterocycles. The zero-order chi connectivity index (χ0) is 25.1. The SMILES string of the molecule is CC(=O)c1ccc(N2C(=O)[C@@H]3[C@@H](C2=O)[C@@H](C(=O)c2ccc(Cl)cc2)N2c4ccccc4C=C[C@H]32)cc1. The summed E-state index contributed by atoms with van der Waals surface area (Å²) in [5.74, 6) is -2.65. The number of halogens is 1. The van der Waals surface area contributed by atoms with Crippen molar-refractivity contribution in [2.75, 3.05) is 9.80 Å². The molecule has 3 aliphatic rings. The normalized spacial score (nSPS) is 23.9. The molecule has 178 valence electrons. The maximum atomic E-state index is 14.0. The van der Waals surface area contributed by atoms with Crippen LogP contribution in [0, 0.1) is 11.8 Å². The molecule has 3 aromatic rings. The molecule has 3 aromatic carbocycles. The molecule has 0 saturated carbocycles. The van der Waals surface area contributed by atoms with Crippen molar-refractivity contribution in [3.63, 3.8) is 0 Å². The Morgan fingerprint density at radius 2 is 1.44 bits per heavy atom. The van der Waals surface area contributed by atoms with Crippen molar-refractivity contribution in [1.29, 1.82) is 0 Å². The molecule has 6 rings (SSSR count). The Morgan fingerprint density at radius 1 is 0.806 bits per heavy atom. The number of hydrogen-bond acceptors (Lipinski definition) is 5. The van der Waals surface area contributed by atoms with Gasteiger partial charge in [0.05, 0.1) is 23.6 Å². The van der Waals surface area contributed by atoms with Gasteiger partial charge in [-0.3, -0.25) is 19.2 Å². The fraction of sp³-hybridized carbons (Fsp3) is 0.172. The van der Waals surface area contributed by atoms with Gasteiger partial charge in [-0.05, 0) is 67.1 Å². The van der Waals surface area contributed by atoms with Crippen molar-refractivity contribution < 1.29 is 19.2 Å². The lowest BCUT2D eigenvalue weighted by Gasteiger charge is -2.36. The monoisotopic (exact) mass is 496 g/mol. The van der Waals surface area contributed by atoms with Gasteiger partial charge >= 0.3 is 0 Å². The molecule has 2 saturated heterocycles. The number of anilines is 2. The van der Waals surface area contributed by atoms with E-state index in [-0.39, 0.29) is 17.5 Å². The predicted octanol–water partition coefficient (Wildman–Crippen LogP) is 4.82. The molecule has 0 spiro atoms. The van der Waals surface area contributed by atoms with Gasteiger partial charge < -0.3 is 4.90 Å². The van der Waals surface area contributed by atoms with E-state index in [1.54, 1.807) is 48.5 Å². The van der Waals surface area contributed by atoms with Crippen LogP contribution in [-0.2, 0) is 9.59 Å². The van der Waals surface area contributed by atoms with Crippen LogP contribution in [0.5, 0.6) is 0 Å². The smallest absolute Gasteiger partial charge is 0.240 e. The van der Waals surface area contributed by atoms with Gasteiger partial charge in [0.15, 0.2) is 11.6 Å². The van der Waals surface area contributed by atoms with Crippen molar-refractivity contribution in [1.82, 2.24) is 0 Å². The summed E-state index contributed by atoms with van der Waals surface area (Å²) in [6, 6.07) is 19.4. The van der Waals surface area contributed by atoms with Gasteiger partial charge in [0.2, 0.25) is 11.8 Å². The molecule has 3 heterocycles. The predicted molar refractivity (Wildman–Crippen MR) is 137 cm³/mol. The van der Waals surface area contributed by atoms with E-state index in [1.807, 2.05) is 41.3 Å². The van der Waals surface area contributed by atoms with E-state index in [1.165, 1.54) is 11.8 Å². The first kappa shape index (κ1) is 22.4. The Bertz CT molecular complexity index is 1460. The number of ketones is 2. The van der Waals surface area contributed by atoms with Crippen LogP contribution in [0.2, 0.25) is 5.02 Å². The van der Waals surface area contributed by atoms with Gasteiger partial charge in [-0.25, -0.2) is 4.90 Å². The van der Waals surface area contributed by atoms with Gasteiger partial charge in [-0.1, -0.05) is 42.0 Å². The highest BCUT2D eigenvalue weighted by Crippen LogP contribution is 2.49. The third-order valence-electron chi connectivity index (χ3n) is 7.34. The van der Waals surface area contributed by atoms with Crippen molar-refractivity contribution in [2.24, 2.45) is 11.8 Å². The maximum Gasteiger partial charge on any atom is 0.240 e. The molecule has 0 aliphatic carbocycles. The summed E-state index contributed by atoms with van der Waals surface area (Å²) in [5, 5.41) is 0.507. The molecule has 0 N–H and O–H groups in total. The second-order valence-corrected chi connectivity index (χ2v) is 9.73. The summed E-state index contributed by atoms with van der Waals surface area (Å²) in [6.07, 6.45) is 3.87. The summed E-state index contributed by atoms with van der Waals surface area (Å²) < 4.78 is 0. The molecular formula is C29H21ClN2O4. The quantitative estimate of drug-likeness (QED) is 0.382. The van der Waals surface area contributed by atoms with Crippen LogP contribution < -0.4 is 9.80 Å². The largest absolute Gasteiger partial charge is 0.352 e. The number of hydrogen-bond donors (Lipinski definition) is 0. The molecule has 0 unspecified atom stereocenters. The lowest BCUT2D eigenvalue weighted by atomic mass is 9.86. The fourth-order valence-electron chi connectivity index (χ4n) is 5.70. The second-order valence-electron chi connectivity index (χ2n) is 9.30. The highest BCUT2D eigenvalue weighted by atomic mass is 35.5. The Balaban J connectivity index is 1.46. The number of rotatable bonds is 4. The van der Waals surface area contributed by atoms with Gasteiger partial charge in [0.25, 0.3) is 0 Å². The average Bonchev–Trinajstić information content (AvgIpc) is 3.37. The number of carbonyl (C=O) groups excluding carboxylic acids is 4. The minimum atomic E-state index is -0.856. The Morgan fingerprint density at radius 3 is 2.14 bits per heavy atom. The lowest BCUT2D eigenvalue weighted by Crippen LogP contribution is -2.48. The van der Waals surface area contributed by atoms with Gasteiger partial charge in [0.1, 0.15) is 6.04 Å². The number of para-hydroxylation sites is 1. The van der Waals surface area contributed by atoms with Crippen LogP contribution in [0.3, 0.4) is 0 Å². The third kappa shape index (κ3) is 3.25. The zero-order valence-electron chi connectivity index (χ0n) is 19.3. The summed E-state index contributed by atoms with van der Waals surface area (Å²) in [5.41, 5.74) is 3.07. The molecule has 4 atom stereocenters. The molecule has 36 heavy (non-hydrogen) atoms. The Hall–Kier alpha value is -4.03. The van der Waals surface area contributed by atoms with Crippen LogP contribution in [-0.4, -0.2) is 35.5 Å². The van der Waals surface area contributed by atoms with Crippen LogP contribution in [0.1, 0.15) is 33.2 Å². The van der Waals surface area contributed by atoms with E-state index < -0.39 is 29.8 Å². The van der Waals surface area contributed by atoms with Crippen LogP contribution in [0.25, 0.3) is 6.08 Å². The van der Waals surface area contributed by atoms with Gasteiger partial charge in [0, 0.05) is 21.8 Å². The third-order valence-corrected chi connectivity index (χ3v) is 7.60. The Kier molecular flexibility index (Phi) is 5.16. The highest BCUT2D eigenvalue weighted by Gasteiger charge is 2.64. The van der Waals surface area contributed by atoms with Crippen molar-refractivity contribution >= 4 is 52.4 Å². The van der Waals surface area contributed by atoms with Crippen LogP contribution in [0.4, 0.5) is 11.4 Å². The molecule has 6 nitrogen and oxygen atoms in total. The van der Waals surface area contributed by atoms with E-state index in [2.05, 4.69) is 0 Å². The first-order chi connectivity index (χ1) is 17.4. The van der Waals surface area contributed by atoms with Crippen molar-refractivity contribution in [2.45, 2.75) is 19.0 Å². The number of Topliss-reactive ketones (excluding diaryl/α,β-unsaturated/α-hetero) is 2. The number of amides is 2. The second kappa shape index (κ2) is 8.28. The summed E-state index contributed by atoms with van der Waals surface area (Å²) in [7, 11) is 0. The summed E-state index contributed by atoms with van der Waals surface area (Å²) in [4.78, 5) is 56.4. The van der Waals surface area contributed by atoms with E-state index >= 15 is 0 Å². The molecule has 7 heteroatoms. The van der Waals surface area contributed by atoms with Gasteiger partial charge in [-0.2, -0.15) is 0 Å². The van der Waals surface area contributed by atoms with Gasteiger partial charge in [-0.15, -0.1) is 0 Å². The van der Waals surface area contributed by atoms with E-state index in [9.17, 15) is 19.2 Å². The van der Waals surface area contributed by atoms with Crippen LogP contribution >= 0.6 is 11.6 Å². The topological polar surface area (TPSA) is 74.8 Å². The fourth-order valence-corrected chi connectivity index (χ4v) is 5.82. The zero-order valence-corrected chi connectivity index (χ0v) is 20.1. The molecule has 0 radical (unpaired) electrons. The number of carbonyl (C=O) groups is 4. The molecule has 3 aliphatic heterocycles. The molecular weight excluding hydrogens is 476 g/mol. The summed E-state index contributed by atoms with van der Waals surface area (Å²) >= 11 is 6.05. The van der Waals surface area contributed by atoms with Crippen LogP contribution in [0.15, 0.2) is 78.9 Å². The minimum absolute atomic E-state index is 0.104. The molecule has 2 amide bonds. The standard InChI is InChI=1S/C29H21ClN2O4/c1-16(33)17-8-13-21(14-9-17)31-28(35)24-23-15-10-18-4-2-3-5-22(18)32(23)26(25(24)29(31)36)27(34)19-6-11-20(30)12-7-19/h2-15,23-26H,1H3/t23-,24+,25-,26+/m1/s1. The molecule has 0 bridgehead atoms. The van der Waals surface area contributed by atoms with E-state index in [4.69, 9.17) is 11.6 Å². The first-order valence-electron chi connectivity index (χ1n) is 11.7. The maximum absolute atomic E-state index is 14.0. The van der Waals surface area contributed by atoms with Crippen molar-refractivity contribution in [3.8, 4) is 0 Å². The lowest BCUT2D eigenvalue weighted by molar-refractivity contribution is -0.122. The Labute approximate surface area is 212 Å². The van der Waals surface area contributed by atoms with Crippen molar-refractivity contribution in [3.05, 3.63) is 101 Å². The number of nitrogens with zero attached hydrogens (tertiary/aromatic N) is 2. The number of benzene rings is 3. The number of fused-ring (bicyclic) bond motifs is 5. The number of imide groups is 1.